The Bertz CT molecular complexity index is 1070. The minimum Gasteiger partial charge on any atom is -0.494 e. The van der Waals surface area contributed by atoms with Crippen LogP contribution < -0.4 is 15.0 Å². The normalized spacial score (nSPS) is 19.7. The van der Waals surface area contributed by atoms with Crippen LogP contribution in [-0.4, -0.2) is 48.0 Å². The van der Waals surface area contributed by atoms with Gasteiger partial charge in [-0.1, -0.05) is 11.3 Å². The van der Waals surface area contributed by atoms with Crippen LogP contribution in [0.1, 0.15) is 18.1 Å². The van der Waals surface area contributed by atoms with Crippen molar-refractivity contribution in [1.29, 1.82) is 0 Å². The van der Waals surface area contributed by atoms with Gasteiger partial charge in [-0.2, -0.15) is 5.11 Å². The summed E-state index contributed by atoms with van der Waals surface area (Å²) in [5, 5.41) is 11.9. The number of benzene rings is 2. The Hall–Kier alpha value is -3.75. The molecular formula is C22H23N5O4. The van der Waals surface area contributed by atoms with Crippen molar-refractivity contribution in [1.82, 2.24) is 5.01 Å². The molecule has 9 nitrogen and oxygen atoms in total. The predicted octanol–water partition coefficient (Wildman–Crippen LogP) is 2.63. The Kier molecular flexibility index (Phi) is 5.41. The van der Waals surface area contributed by atoms with Crippen molar-refractivity contribution in [2.75, 3.05) is 23.4 Å². The summed E-state index contributed by atoms with van der Waals surface area (Å²) in [7, 11) is 0. The maximum absolute atomic E-state index is 13.0. The van der Waals surface area contributed by atoms with Gasteiger partial charge in [0.25, 0.3) is 11.8 Å². The van der Waals surface area contributed by atoms with E-state index >= 15 is 0 Å². The molecule has 2 aromatic rings. The van der Waals surface area contributed by atoms with Crippen molar-refractivity contribution in [3.8, 4) is 5.75 Å². The summed E-state index contributed by atoms with van der Waals surface area (Å²) >= 11 is 0. The van der Waals surface area contributed by atoms with E-state index in [0.717, 1.165) is 16.0 Å². The molecule has 160 valence electrons. The number of fused-ring (bicyclic) bond motifs is 1. The molecule has 0 saturated carbocycles. The third kappa shape index (κ3) is 3.86. The Morgan fingerprint density at radius 3 is 2.48 bits per heavy atom. The zero-order chi connectivity index (χ0) is 22.1. The average molecular weight is 421 g/mol. The highest BCUT2D eigenvalue weighted by Crippen LogP contribution is 2.32. The molecule has 2 aromatic carbocycles. The van der Waals surface area contributed by atoms with Gasteiger partial charge >= 0.3 is 0 Å². The molecule has 0 aliphatic carbocycles. The number of rotatable bonds is 6. The van der Waals surface area contributed by atoms with Gasteiger partial charge in [-0.25, -0.2) is 4.90 Å². The molecule has 0 spiro atoms. The summed E-state index contributed by atoms with van der Waals surface area (Å²) < 4.78 is 5.40. The first-order valence-corrected chi connectivity index (χ1v) is 10.0. The molecule has 31 heavy (non-hydrogen) atoms. The lowest BCUT2D eigenvalue weighted by Crippen LogP contribution is -2.43. The van der Waals surface area contributed by atoms with Gasteiger partial charge in [0.15, 0.2) is 12.1 Å². The van der Waals surface area contributed by atoms with Crippen LogP contribution in [0.25, 0.3) is 0 Å². The molecule has 2 atom stereocenters. The number of hydrogen-bond donors (Lipinski definition) is 1. The van der Waals surface area contributed by atoms with Crippen LogP contribution in [0, 0.1) is 13.8 Å². The zero-order valence-corrected chi connectivity index (χ0v) is 17.5. The standard InChI is InChI=1S/C22H23N5O4/c1-4-31-17-9-7-16(8-10-17)27-21(29)19-20(22(27)30)26(25-24-19)12-18(28)23-15-6-5-13(2)14(3)11-15/h5-11,19-20H,4,12H2,1-3H3,(H,23,28). The van der Waals surface area contributed by atoms with E-state index < -0.39 is 23.9 Å². The zero-order valence-electron chi connectivity index (χ0n) is 17.5. The van der Waals surface area contributed by atoms with Crippen molar-refractivity contribution in [2.24, 2.45) is 10.3 Å². The number of amides is 3. The summed E-state index contributed by atoms with van der Waals surface area (Å²) in [5.41, 5.74) is 3.27. The Labute approximate surface area is 179 Å². The van der Waals surface area contributed by atoms with Gasteiger partial charge in [-0.05, 0) is 68.3 Å². The number of nitrogens with zero attached hydrogens (tertiary/aromatic N) is 4. The number of ether oxygens (including phenoxy) is 1. The molecule has 0 aromatic heterocycles. The first-order valence-electron chi connectivity index (χ1n) is 10.0. The van der Waals surface area contributed by atoms with E-state index in [9.17, 15) is 14.4 Å². The third-order valence-corrected chi connectivity index (χ3v) is 5.36. The van der Waals surface area contributed by atoms with Crippen molar-refractivity contribution < 1.29 is 19.1 Å². The molecule has 1 saturated heterocycles. The topological polar surface area (TPSA) is 104 Å². The lowest BCUT2D eigenvalue weighted by Gasteiger charge is -2.20. The second-order valence-corrected chi connectivity index (χ2v) is 7.48. The fraction of sp³-hybridized carbons (Fsp3) is 0.318. The van der Waals surface area contributed by atoms with Crippen LogP contribution >= 0.6 is 0 Å². The molecule has 2 aliphatic rings. The summed E-state index contributed by atoms with van der Waals surface area (Å²) in [4.78, 5) is 39.4. The smallest absolute Gasteiger partial charge is 0.263 e. The molecule has 4 rings (SSSR count). The molecule has 2 unspecified atom stereocenters. The maximum atomic E-state index is 13.0. The summed E-state index contributed by atoms with van der Waals surface area (Å²) in [6.45, 7) is 6.16. The molecule has 2 heterocycles. The van der Waals surface area contributed by atoms with Gasteiger partial charge in [0.1, 0.15) is 12.3 Å². The average Bonchev–Trinajstić information content (AvgIpc) is 3.25. The first kappa shape index (κ1) is 20.5. The number of hydrogen-bond acceptors (Lipinski definition) is 7. The maximum Gasteiger partial charge on any atom is 0.263 e. The molecule has 1 N–H and O–H groups in total. The van der Waals surface area contributed by atoms with Gasteiger partial charge in [0.2, 0.25) is 5.91 Å². The van der Waals surface area contributed by atoms with Gasteiger partial charge in [-0.3, -0.25) is 19.4 Å². The minimum atomic E-state index is -0.950. The molecule has 1 fully saturated rings. The van der Waals surface area contributed by atoms with E-state index in [1.807, 2.05) is 39.0 Å². The number of anilines is 2. The highest BCUT2D eigenvalue weighted by Gasteiger charge is 2.55. The van der Waals surface area contributed by atoms with E-state index in [-0.39, 0.29) is 12.5 Å². The van der Waals surface area contributed by atoms with Crippen molar-refractivity contribution >= 4 is 29.1 Å². The van der Waals surface area contributed by atoms with Crippen molar-refractivity contribution in [3.63, 3.8) is 0 Å². The number of carbonyl (C=O) groups is 3. The van der Waals surface area contributed by atoms with Crippen LogP contribution in [0.4, 0.5) is 11.4 Å². The SMILES string of the molecule is CCOc1ccc(N2C(=O)C3N=NN(CC(=O)Nc4ccc(C)c(C)c4)C3C2=O)cc1. The highest BCUT2D eigenvalue weighted by molar-refractivity contribution is 6.25. The van der Waals surface area contributed by atoms with Gasteiger partial charge in [0.05, 0.1) is 12.3 Å². The monoisotopic (exact) mass is 421 g/mol. The van der Waals surface area contributed by atoms with E-state index in [0.29, 0.717) is 23.7 Å². The number of carbonyl (C=O) groups excluding carboxylic acids is 3. The molecular weight excluding hydrogens is 398 g/mol. The van der Waals surface area contributed by atoms with Crippen LogP contribution in [-0.2, 0) is 14.4 Å². The van der Waals surface area contributed by atoms with Crippen LogP contribution in [0.15, 0.2) is 52.8 Å². The van der Waals surface area contributed by atoms with Crippen LogP contribution in [0.5, 0.6) is 5.75 Å². The lowest BCUT2D eigenvalue weighted by atomic mass is 10.1. The molecule has 0 radical (unpaired) electrons. The van der Waals surface area contributed by atoms with Gasteiger partial charge in [-0.15, -0.1) is 0 Å². The van der Waals surface area contributed by atoms with Crippen molar-refractivity contribution in [3.05, 3.63) is 53.6 Å². The molecule has 2 aliphatic heterocycles. The fourth-order valence-electron chi connectivity index (χ4n) is 3.63. The Morgan fingerprint density at radius 1 is 1.06 bits per heavy atom. The van der Waals surface area contributed by atoms with E-state index in [2.05, 4.69) is 15.7 Å². The lowest BCUT2D eigenvalue weighted by molar-refractivity contribution is -0.123. The fourth-order valence-corrected chi connectivity index (χ4v) is 3.63. The number of nitrogens with one attached hydrogen (secondary N) is 1. The highest BCUT2D eigenvalue weighted by atomic mass is 16.5. The molecule has 9 heteroatoms. The summed E-state index contributed by atoms with van der Waals surface area (Å²) in [6, 6.07) is 10.4. The number of aryl methyl sites for hydroxylation is 2. The number of imide groups is 1. The van der Waals surface area contributed by atoms with Crippen LogP contribution in [0.2, 0.25) is 0 Å². The van der Waals surface area contributed by atoms with Gasteiger partial charge in [0, 0.05) is 5.69 Å². The Morgan fingerprint density at radius 2 is 1.81 bits per heavy atom. The second-order valence-electron chi connectivity index (χ2n) is 7.48. The minimum absolute atomic E-state index is 0.187. The Balaban J connectivity index is 1.46. The first-order chi connectivity index (χ1) is 14.9. The largest absolute Gasteiger partial charge is 0.494 e. The summed E-state index contributed by atoms with van der Waals surface area (Å²) in [5.74, 6) is -0.611. The van der Waals surface area contributed by atoms with Crippen LogP contribution in [0.3, 0.4) is 0 Å². The van der Waals surface area contributed by atoms with Gasteiger partial charge < -0.3 is 10.1 Å². The quantitative estimate of drug-likeness (QED) is 0.722. The summed E-state index contributed by atoms with van der Waals surface area (Å²) in [6.07, 6.45) is 0. The predicted molar refractivity (Wildman–Crippen MR) is 114 cm³/mol. The second kappa shape index (κ2) is 8.17. The van der Waals surface area contributed by atoms with Crippen molar-refractivity contribution in [2.45, 2.75) is 32.9 Å². The third-order valence-electron chi connectivity index (χ3n) is 5.36. The molecule has 0 bridgehead atoms. The van der Waals surface area contributed by atoms with E-state index in [1.165, 1.54) is 5.01 Å². The van der Waals surface area contributed by atoms with E-state index in [1.54, 1.807) is 24.3 Å². The molecule has 3 amide bonds. The van der Waals surface area contributed by atoms with E-state index in [4.69, 9.17) is 4.74 Å².